The van der Waals surface area contributed by atoms with Gasteiger partial charge in [0.2, 0.25) is 0 Å². The van der Waals surface area contributed by atoms with Crippen LogP contribution in [-0.2, 0) is 4.74 Å². The lowest BCUT2D eigenvalue weighted by atomic mass is 9.94. The minimum Gasteiger partial charge on any atom is -0.380 e. The molecule has 0 radical (unpaired) electrons. The summed E-state index contributed by atoms with van der Waals surface area (Å²) in [6.07, 6.45) is 11.2. The molecule has 0 aliphatic carbocycles. The lowest BCUT2D eigenvalue weighted by Gasteiger charge is -2.28. The third-order valence-corrected chi connectivity index (χ3v) is 3.82. The Labute approximate surface area is 115 Å². The van der Waals surface area contributed by atoms with E-state index in [1.54, 1.807) is 0 Å². The van der Waals surface area contributed by atoms with Crippen molar-refractivity contribution >= 4 is 0 Å². The molecule has 0 saturated heterocycles. The number of methoxy groups -OCH3 is 1. The van der Waals surface area contributed by atoms with Crippen LogP contribution in [0.4, 0.5) is 0 Å². The highest BCUT2D eigenvalue weighted by molar-refractivity contribution is 4.78. The van der Waals surface area contributed by atoms with Gasteiger partial charge in [-0.05, 0) is 19.4 Å². The predicted molar refractivity (Wildman–Crippen MR) is 81.1 cm³/mol. The van der Waals surface area contributed by atoms with Crippen molar-refractivity contribution in [1.82, 2.24) is 5.32 Å². The molecule has 2 nitrogen and oxygen atoms in total. The van der Waals surface area contributed by atoms with Crippen LogP contribution in [0.3, 0.4) is 0 Å². The third-order valence-electron chi connectivity index (χ3n) is 3.82. The fourth-order valence-corrected chi connectivity index (χ4v) is 2.70. The van der Waals surface area contributed by atoms with Gasteiger partial charge in [-0.25, -0.2) is 0 Å². The monoisotopic (exact) mass is 257 g/mol. The Hall–Kier alpha value is -0.0800. The van der Waals surface area contributed by atoms with E-state index >= 15 is 0 Å². The molecule has 0 aromatic heterocycles. The Kier molecular flexibility index (Phi) is 11.9. The summed E-state index contributed by atoms with van der Waals surface area (Å²) in [6.45, 7) is 6.75. The Morgan fingerprint density at radius 2 is 1.50 bits per heavy atom. The Morgan fingerprint density at radius 1 is 0.944 bits per heavy atom. The van der Waals surface area contributed by atoms with Crippen LogP contribution in [0.15, 0.2) is 0 Å². The van der Waals surface area contributed by atoms with Crippen LogP contribution in [0.1, 0.15) is 72.1 Å². The Balaban J connectivity index is 3.67. The van der Waals surface area contributed by atoms with E-state index in [0.29, 0.717) is 18.1 Å². The maximum atomic E-state index is 5.61. The van der Waals surface area contributed by atoms with Crippen molar-refractivity contribution in [2.45, 2.75) is 84.3 Å². The Morgan fingerprint density at radius 3 is 1.94 bits per heavy atom. The van der Waals surface area contributed by atoms with Gasteiger partial charge in [-0.2, -0.15) is 0 Å². The maximum absolute atomic E-state index is 5.61. The first-order valence-electron chi connectivity index (χ1n) is 7.87. The van der Waals surface area contributed by atoms with Crippen LogP contribution in [0.5, 0.6) is 0 Å². The molecule has 2 unspecified atom stereocenters. The zero-order valence-electron chi connectivity index (χ0n) is 13.3. The van der Waals surface area contributed by atoms with Crippen LogP contribution >= 0.6 is 0 Å². The van der Waals surface area contributed by atoms with Crippen molar-refractivity contribution in [2.24, 2.45) is 5.92 Å². The molecule has 18 heavy (non-hydrogen) atoms. The molecule has 0 fully saturated rings. The summed E-state index contributed by atoms with van der Waals surface area (Å²) < 4.78 is 5.61. The van der Waals surface area contributed by atoms with Crippen LogP contribution < -0.4 is 5.32 Å². The molecule has 110 valence electrons. The molecule has 0 aromatic rings. The summed E-state index contributed by atoms with van der Waals surface area (Å²) in [6, 6.07) is 0.505. The number of hydrogen-bond donors (Lipinski definition) is 1. The normalized spacial score (nSPS) is 15.0. The average molecular weight is 257 g/mol. The van der Waals surface area contributed by atoms with E-state index in [4.69, 9.17) is 4.74 Å². The zero-order chi connectivity index (χ0) is 13.8. The summed E-state index contributed by atoms with van der Waals surface area (Å²) in [5, 5.41) is 3.42. The second kappa shape index (κ2) is 12.0. The molecule has 1 N–H and O–H groups in total. The van der Waals surface area contributed by atoms with Crippen LogP contribution in [0.2, 0.25) is 0 Å². The van der Waals surface area contributed by atoms with Gasteiger partial charge in [0.1, 0.15) is 0 Å². The fourth-order valence-electron chi connectivity index (χ4n) is 2.70. The van der Waals surface area contributed by atoms with E-state index in [9.17, 15) is 0 Å². The van der Waals surface area contributed by atoms with Gasteiger partial charge in [-0.3, -0.25) is 0 Å². The first-order chi connectivity index (χ1) is 8.67. The molecule has 0 spiro atoms. The molecule has 0 amide bonds. The molecule has 0 aliphatic rings. The van der Waals surface area contributed by atoms with Crippen molar-refractivity contribution in [1.29, 1.82) is 0 Å². The quantitative estimate of drug-likeness (QED) is 0.524. The van der Waals surface area contributed by atoms with E-state index < -0.39 is 0 Å². The number of hydrogen-bond acceptors (Lipinski definition) is 2. The third kappa shape index (κ3) is 8.10. The number of nitrogens with one attached hydrogen (secondary N) is 1. The smallest absolute Gasteiger partial charge is 0.0746 e. The molecule has 0 aliphatic heterocycles. The number of unbranched alkanes of at least 4 members (excludes halogenated alkanes) is 6. The zero-order valence-corrected chi connectivity index (χ0v) is 13.3. The van der Waals surface area contributed by atoms with Gasteiger partial charge in [0.05, 0.1) is 6.10 Å². The van der Waals surface area contributed by atoms with E-state index in [-0.39, 0.29) is 0 Å². The highest BCUT2D eigenvalue weighted by atomic mass is 16.5. The standard InChI is InChI=1S/C16H35NO/c1-6-7-8-9-10-11-12-13-15(17-4)16(18-5)14(2)3/h14-17H,6-13H2,1-5H3. The van der Waals surface area contributed by atoms with Crippen molar-refractivity contribution in [3.63, 3.8) is 0 Å². The number of likely N-dealkylation sites (N-methyl/N-ethyl adjacent to an activating group) is 1. The van der Waals surface area contributed by atoms with Gasteiger partial charge >= 0.3 is 0 Å². The average Bonchev–Trinajstić information content (AvgIpc) is 2.35. The number of ether oxygens (including phenoxy) is 1. The topological polar surface area (TPSA) is 21.3 Å². The van der Waals surface area contributed by atoms with E-state index in [0.717, 1.165) is 0 Å². The predicted octanol–water partition coefficient (Wildman–Crippen LogP) is 4.39. The van der Waals surface area contributed by atoms with Crippen molar-refractivity contribution in [2.75, 3.05) is 14.2 Å². The van der Waals surface area contributed by atoms with E-state index in [1.807, 2.05) is 7.11 Å². The highest BCUT2D eigenvalue weighted by Crippen LogP contribution is 2.16. The molecular formula is C16H35NO. The highest BCUT2D eigenvalue weighted by Gasteiger charge is 2.22. The first kappa shape index (κ1) is 17.9. The lowest BCUT2D eigenvalue weighted by molar-refractivity contribution is 0.0322. The SMILES string of the molecule is CCCCCCCCCC(NC)C(OC)C(C)C. The van der Waals surface area contributed by atoms with Gasteiger partial charge in [-0.1, -0.05) is 65.7 Å². The van der Waals surface area contributed by atoms with Gasteiger partial charge in [0.25, 0.3) is 0 Å². The van der Waals surface area contributed by atoms with Crippen LogP contribution in [-0.4, -0.2) is 26.3 Å². The van der Waals surface area contributed by atoms with E-state index in [2.05, 4.69) is 33.1 Å². The largest absolute Gasteiger partial charge is 0.380 e. The Bertz CT molecular complexity index is 170. The first-order valence-corrected chi connectivity index (χ1v) is 7.87. The van der Waals surface area contributed by atoms with Gasteiger partial charge < -0.3 is 10.1 Å². The van der Waals surface area contributed by atoms with Crippen molar-refractivity contribution in [3.8, 4) is 0 Å². The summed E-state index contributed by atoms with van der Waals surface area (Å²) in [4.78, 5) is 0. The van der Waals surface area contributed by atoms with Gasteiger partial charge in [0, 0.05) is 13.2 Å². The lowest BCUT2D eigenvalue weighted by Crippen LogP contribution is -2.41. The summed E-state index contributed by atoms with van der Waals surface area (Å²) in [7, 11) is 3.89. The number of rotatable bonds is 12. The maximum Gasteiger partial charge on any atom is 0.0746 e. The molecule has 0 heterocycles. The summed E-state index contributed by atoms with van der Waals surface area (Å²) in [5.74, 6) is 0.581. The van der Waals surface area contributed by atoms with Crippen LogP contribution in [0.25, 0.3) is 0 Å². The minimum atomic E-state index is 0.343. The van der Waals surface area contributed by atoms with Gasteiger partial charge in [-0.15, -0.1) is 0 Å². The fraction of sp³-hybridized carbons (Fsp3) is 1.00. The summed E-state index contributed by atoms with van der Waals surface area (Å²) in [5.41, 5.74) is 0. The molecule has 0 aromatic carbocycles. The van der Waals surface area contributed by atoms with Crippen molar-refractivity contribution < 1.29 is 4.74 Å². The molecule has 2 heteroatoms. The molecule has 0 bridgehead atoms. The summed E-state index contributed by atoms with van der Waals surface area (Å²) >= 11 is 0. The molecule has 0 saturated carbocycles. The minimum absolute atomic E-state index is 0.343. The molecule has 0 rings (SSSR count). The second-order valence-electron chi connectivity index (χ2n) is 5.75. The molecular weight excluding hydrogens is 222 g/mol. The van der Waals surface area contributed by atoms with E-state index in [1.165, 1.54) is 51.4 Å². The van der Waals surface area contributed by atoms with Crippen LogP contribution in [0, 0.1) is 5.92 Å². The second-order valence-corrected chi connectivity index (χ2v) is 5.75. The molecule has 2 atom stereocenters. The van der Waals surface area contributed by atoms with Gasteiger partial charge in [0.15, 0.2) is 0 Å². The van der Waals surface area contributed by atoms with Crippen molar-refractivity contribution in [3.05, 3.63) is 0 Å².